The number of halogens is 1. The van der Waals surface area contributed by atoms with Gasteiger partial charge >= 0.3 is 0 Å². The molecule has 0 aliphatic carbocycles. The maximum absolute atomic E-state index is 12.1. The summed E-state index contributed by atoms with van der Waals surface area (Å²) in [6, 6.07) is 10.6. The highest BCUT2D eigenvalue weighted by Gasteiger charge is 2.12. The molecule has 0 fully saturated rings. The minimum atomic E-state index is -0.161. The molecule has 5 nitrogen and oxygen atoms in total. The average Bonchev–Trinajstić information content (AvgIpc) is 2.54. The van der Waals surface area contributed by atoms with Crippen LogP contribution < -0.4 is 20.5 Å². The molecule has 3 N–H and O–H groups in total. The van der Waals surface area contributed by atoms with Crippen LogP contribution in [0.1, 0.15) is 0 Å². The molecule has 23 heavy (non-hydrogen) atoms. The highest BCUT2D eigenvalue weighted by atomic mass is 35.5. The SMILES string of the molecule is COc1cc(OC)c(NC(=O)CSc2ccc(N)cc2)cc1Cl. The Morgan fingerprint density at radius 2 is 1.83 bits per heavy atom. The maximum Gasteiger partial charge on any atom is 0.234 e. The lowest BCUT2D eigenvalue weighted by Crippen LogP contribution is -2.14. The van der Waals surface area contributed by atoms with Crippen molar-refractivity contribution in [2.75, 3.05) is 31.0 Å². The van der Waals surface area contributed by atoms with E-state index >= 15 is 0 Å². The molecule has 0 saturated heterocycles. The Morgan fingerprint density at radius 1 is 1.17 bits per heavy atom. The second-order valence-electron chi connectivity index (χ2n) is 4.59. The van der Waals surface area contributed by atoms with E-state index in [9.17, 15) is 4.79 Å². The molecule has 0 aliphatic rings. The number of hydrogen-bond acceptors (Lipinski definition) is 5. The number of nitrogens with two attached hydrogens (primary N) is 1. The van der Waals surface area contributed by atoms with Crippen LogP contribution in [0.5, 0.6) is 11.5 Å². The standard InChI is InChI=1S/C16H17ClN2O3S/c1-21-14-8-15(22-2)13(7-12(14)17)19-16(20)9-23-11-5-3-10(18)4-6-11/h3-8H,9,18H2,1-2H3,(H,19,20). The van der Waals surface area contributed by atoms with Crippen molar-refractivity contribution in [3.8, 4) is 11.5 Å². The second kappa shape index (κ2) is 7.99. The molecule has 122 valence electrons. The molecule has 0 aromatic heterocycles. The highest BCUT2D eigenvalue weighted by molar-refractivity contribution is 8.00. The van der Waals surface area contributed by atoms with Gasteiger partial charge in [0, 0.05) is 16.6 Å². The summed E-state index contributed by atoms with van der Waals surface area (Å²) in [6.07, 6.45) is 0. The normalized spacial score (nSPS) is 10.2. The summed E-state index contributed by atoms with van der Waals surface area (Å²) >= 11 is 7.50. The summed E-state index contributed by atoms with van der Waals surface area (Å²) in [5.41, 5.74) is 6.82. The van der Waals surface area contributed by atoms with Crippen molar-refractivity contribution >= 4 is 40.6 Å². The van der Waals surface area contributed by atoms with E-state index in [1.807, 2.05) is 12.1 Å². The Bertz CT molecular complexity index is 692. The zero-order valence-corrected chi connectivity index (χ0v) is 14.3. The fourth-order valence-electron chi connectivity index (χ4n) is 1.86. The van der Waals surface area contributed by atoms with Crippen molar-refractivity contribution in [2.24, 2.45) is 0 Å². The van der Waals surface area contributed by atoms with E-state index in [0.29, 0.717) is 27.9 Å². The number of rotatable bonds is 6. The van der Waals surface area contributed by atoms with E-state index in [0.717, 1.165) is 4.90 Å². The molecular weight excluding hydrogens is 336 g/mol. The number of methoxy groups -OCH3 is 2. The van der Waals surface area contributed by atoms with Gasteiger partial charge in [-0.25, -0.2) is 0 Å². The number of carbonyl (C=O) groups is 1. The van der Waals surface area contributed by atoms with Gasteiger partial charge in [0.15, 0.2) is 0 Å². The van der Waals surface area contributed by atoms with Gasteiger partial charge in [0.25, 0.3) is 0 Å². The molecule has 0 bridgehead atoms. The molecule has 2 aromatic rings. The van der Waals surface area contributed by atoms with Gasteiger partial charge in [-0.05, 0) is 30.3 Å². The number of amides is 1. The zero-order chi connectivity index (χ0) is 16.8. The smallest absolute Gasteiger partial charge is 0.234 e. The number of ether oxygens (including phenoxy) is 2. The Balaban J connectivity index is 2.02. The van der Waals surface area contributed by atoms with Gasteiger partial charge in [-0.1, -0.05) is 11.6 Å². The molecule has 0 heterocycles. The Labute approximate surface area is 144 Å². The van der Waals surface area contributed by atoms with Crippen LogP contribution in [0.3, 0.4) is 0 Å². The van der Waals surface area contributed by atoms with Crippen LogP contribution in [-0.4, -0.2) is 25.9 Å². The van der Waals surface area contributed by atoms with E-state index in [-0.39, 0.29) is 11.7 Å². The van der Waals surface area contributed by atoms with Crippen molar-refractivity contribution in [3.05, 3.63) is 41.4 Å². The van der Waals surface area contributed by atoms with Crippen molar-refractivity contribution in [1.82, 2.24) is 0 Å². The molecule has 2 rings (SSSR count). The van der Waals surface area contributed by atoms with Crippen molar-refractivity contribution in [2.45, 2.75) is 4.90 Å². The van der Waals surface area contributed by atoms with E-state index in [4.69, 9.17) is 26.8 Å². The Kier molecular flexibility index (Phi) is 6.01. The number of nitrogen functional groups attached to an aromatic ring is 1. The van der Waals surface area contributed by atoms with Crippen LogP contribution in [0.4, 0.5) is 11.4 Å². The zero-order valence-electron chi connectivity index (χ0n) is 12.8. The number of hydrogen-bond donors (Lipinski definition) is 2. The molecule has 0 unspecified atom stereocenters. The summed E-state index contributed by atoms with van der Waals surface area (Å²) in [4.78, 5) is 13.1. The fraction of sp³-hybridized carbons (Fsp3) is 0.188. The molecule has 0 atom stereocenters. The third kappa shape index (κ3) is 4.71. The first-order valence-corrected chi connectivity index (χ1v) is 8.09. The summed E-state index contributed by atoms with van der Waals surface area (Å²) in [5, 5.41) is 3.18. The minimum Gasteiger partial charge on any atom is -0.495 e. The largest absolute Gasteiger partial charge is 0.495 e. The Morgan fingerprint density at radius 3 is 2.43 bits per heavy atom. The van der Waals surface area contributed by atoms with Crippen LogP contribution >= 0.6 is 23.4 Å². The van der Waals surface area contributed by atoms with E-state index in [2.05, 4.69) is 5.32 Å². The molecule has 0 spiro atoms. The lowest BCUT2D eigenvalue weighted by Gasteiger charge is -2.13. The van der Waals surface area contributed by atoms with Crippen LogP contribution in [0, 0.1) is 0 Å². The van der Waals surface area contributed by atoms with Gasteiger partial charge in [-0.15, -0.1) is 11.8 Å². The number of anilines is 2. The second-order valence-corrected chi connectivity index (χ2v) is 6.05. The number of carbonyl (C=O) groups excluding carboxylic acids is 1. The van der Waals surface area contributed by atoms with Gasteiger partial charge in [-0.3, -0.25) is 4.79 Å². The topological polar surface area (TPSA) is 73.6 Å². The third-order valence-electron chi connectivity index (χ3n) is 3.00. The summed E-state index contributed by atoms with van der Waals surface area (Å²) in [5.74, 6) is 1.07. The highest BCUT2D eigenvalue weighted by Crippen LogP contribution is 2.36. The van der Waals surface area contributed by atoms with Crippen LogP contribution in [-0.2, 0) is 4.79 Å². The van der Waals surface area contributed by atoms with Gasteiger partial charge in [0.2, 0.25) is 5.91 Å². The van der Waals surface area contributed by atoms with E-state index in [1.54, 1.807) is 24.3 Å². The molecule has 0 saturated carbocycles. The summed E-state index contributed by atoms with van der Waals surface area (Å²) in [6.45, 7) is 0. The quantitative estimate of drug-likeness (QED) is 0.613. The fourth-order valence-corrected chi connectivity index (χ4v) is 2.80. The molecular formula is C16H17ClN2O3S. The lowest BCUT2D eigenvalue weighted by atomic mass is 10.2. The van der Waals surface area contributed by atoms with E-state index < -0.39 is 0 Å². The first-order valence-electron chi connectivity index (χ1n) is 6.73. The predicted octanol–water partition coefficient (Wildman–Crippen LogP) is 3.67. The maximum atomic E-state index is 12.1. The molecule has 1 amide bonds. The molecule has 7 heteroatoms. The van der Waals surface area contributed by atoms with Crippen LogP contribution in [0.25, 0.3) is 0 Å². The molecule has 0 aliphatic heterocycles. The van der Waals surface area contributed by atoms with Gasteiger partial charge in [0.1, 0.15) is 11.5 Å². The van der Waals surface area contributed by atoms with E-state index in [1.165, 1.54) is 26.0 Å². The van der Waals surface area contributed by atoms with Gasteiger partial charge in [-0.2, -0.15) is 0 Å². The average molecular weight is 353 g/mol. The summed E-state index contributed by atoms with van der Waals surface area (Å²) < 4.78 is 10.4. The molecule has 0 radical (unpaired) electrons. The number of nitrogens with one attached hydrogen (secondary N) is 1. The summed E-state index contributed by atoms with van der Waals surface area (Å²) in [7, 11) is 3.03. The monoisotopic (exact) mass is 352 g/mol. The van der Waals surface area contributed by atoms with Crippen LogP contribution in [0.15, 0.2) is 41.3 Å². The first-order chi connectivity index (χ1) is 11.0. The van der Waals surface area contributed by atoms with Crippen molar-refractivity contribution in [1.29, 1.82) is 0 Å². The third-order valence-corrected chi connectivity index (χ3v) is 4.31. The minimum absolute atomic E-state index is 0.161. The molecule has 2 aromatic carbocycles. The van der Waals surface area contributed by atoms with Crippen molar-refractivity contribution in [3.63, 3.8) is 0 Å². The number of benzene rings is 2. The lowest BCUT2D eigenvalue weighted by molar-refractivity contribution is -0.113. The van der Waals surface area contributed by atoms with Gasteiger partial charge < -0.3 is 20.5 Å². The van der Waals surface area contributed by atoms with Crippen molar-refractivity contribution < 1.29 is 14.3 Å². The Hall–Kier alpha value is -2.05. The number of thioether (sulfide) groups is 1. The predicted molar refractivity (Wildman–Crippen MR) is 94.8 cm³/mol. The van der Waals surface area contributed by atoms with Gasteiger partial charge in [0.05, 0.1) is 30.7 Å². The van der Waals surface area contributed by atoms with Crippen LogP contribution in [0.2, 0.25) is 5.02 Å². The first kappa shape index (κ1) is 17.3.